The minimum Gasteiger partial charge on any atom is -0.490 e. The monoisotopic (exact) mass is 337 g/mol. The van der Waals surface area contributed by atoms with Crippen molar-refractivity contribution in [2.75, 3.05) is 18.5 Å². The Morgan fingerprint density at radius 1 is 1.08 bits per heavy atom. The van der Waals surface area contributed by atoms with Gasteiger partial charge in [-0.3, -0.25) is 0 Å². The summed E-state index contributed by atoms with van der Waals surface area (Å²) in [5.41, 5.74) is 4.56. The third-order valence-electron chi connectivity index (χ3n) is 3.72. The van der Waals surface area contributed by atoms with Gasteiger partial charge in [0.2, 0.25) is 0 Å². The SMILES string of the molecule is C=CCOc1c(CC=C)cc(CNc2cccc(C)c2)cc1OCC. The summed E-state index contributed by atoms with van der Waals surface area (Å²) in [6.45, 7) is 13.4. The van der Waals surface area contributed by atoms with E-state index in [9.17, 15) is 0 Å². The van der Waals surface area contributed by atoms with Crippen molar-refractivity contribution in [3.05, 3.63) is 78.4 Å². The summed E-state index contributed by atoms with van der Waals surface area (Å²) in [4.78, 5) is 0. The molecule has 0 saturated carbocycles. The molecule has 2 aromatic carbocycles. The van der Waals surface area contributed by atoms with E-state index in [1.54, 1.807) is 6.08 Å². The fourth-order valence-electron chi connectivity index (χ4n) is 2.66. The van der Waals surface area contributed by atoms with Gasteiger partial charge in [-0.1, -0.05) is 30.9 Å². The number of hydrogen-bond acceptors (Lipinski definition) is 3. The first-order valence-corrected chi connectivity index (χ1v) is 8.61. The Morgan fingerprint density at radius 2 is 1.92 bits per heavy atom. The average Bonchev–Trinajstić information content (AvgIpc) is 2.60. The Hall–Kier alpha value is -2.68. The molecule has 25 heavy (non-hydrogen) atoms. The van der Waals surface area contributed by atoms with E-state index in [0.717, 1.165) is 41.3 Å². The summed E-state index contributed by atoms with van der Waals surface area (Å²) in [5, 5.41) is 3.46. The molecule has 0 saturated heterocycles. The predicted molar refractivity (Wildman–Crippen MR) is 106 cm³/mol. The first-order valence-electron chi connectivity index (χ1n) is 8.61. The number of allylic oxidation sites excluding steroid dienone is 1. The Bertz CT molecular complexity index is 722. The molecule has 3 nitrogen and oxygen atoms in total. The van der Waals surface area contributed by atoms with Gasteiger partial charge in [0, 0.05) is 17.8 Å². The molecule has 0 amide bonds. The van der Waals surface area contributed by atoms with Crippen LogP contribution in [0.4, 0.5) is 5.69 Å². The van der Waals surface area contributed by atoms with Gasteiger partial charge in [-0.2, -0.15) is 0 Å². The number of ether oxygens (including phenoxy) is 2. The van der Waals surface area contributed by atoms with Crippen LogP contribution >= 0.6 is 0 Å². The zero-order valence-electron chi connectivity index (χ0n) is 15.2. The van der Waals surface area contributed by atoms with E-state index in [1.165, 1.54) is 5.56 Å². The summed E-state index contributed by atoms with van der Waals surface area (Å²) >= 11 is 0. The van der Waals surface area contributed by atoms with E-state index in [1.807, 2.05) is 19.1 Å². The normalized spacial score (nSPS) is 10.2. The molecule has 0 unspecified atom stereocenters. The van der Waals surface area contributed by atoms with Crippen LogP contribution < -0.4 is 14.8 Å². The molecule has 0 aliphatic carbocycles. The molecule has 0 bridgehead atoms. The Kier molecular flexibility index (Phi) is 7.15. The lowest BCUT2D eigenvalue weighted by Crippen LogP contribution is -2.06. The summed E-state index contributed by atoms with van der Waals surface area (Å²) in [5.74, 6) is 1.55. The lowest BCUT2D eigenvalue weighted by molar-refractivity contribution is 0.294. The van der Waals surface area contributed by atoms with E-state index in [4.69, 9.17) is 9.47 Å². The van der Waals surface area contributed by atoms with Crippen LogP contribution in [0.3, 0.4) is 0 Å². The second-order valence-electron chi connectivity index (χ2n) is 5.83. The third kappa shape index (κ3) is 5.42. The van der Waals surface area contributed by atoms with E-state index in [2.05, 4.69) is 55.7 Å². The molecule has 2 aromatic rings. The summed E-state index contributed by atoms with van der Waals surface area (Å²) in [6, 6.07) is 12.5. The number of rotatable bonds is 10. The van der Waals surface area contributed by atoms with Gasteiger partial charge in [-0.25, -0.2) is 0 Å². The minimum atomic E-state index is 0.450. The largest absolute Gasteiger partial charge is 0.490 e. The topological polar surface area (TPSA) is 30.5 Å². The number of aryl methyl sites for hydroxylation is 1. The zero-order chi connectivity index (χ0) is 18.1. The van der Waals surface area contributed by atoms with Crippen molar-refractivity contribution in [1.29, 1.82) is 0 Å². The molecule has 0 radical (unpaired) electrons. The van der Waals surface area contributed by atoms with E-state index >= 15 is 0 Å². The lowest BCUT2D eigenvalue weighted by Gasteiger charge is -2.17. The van der Waals surface area contributed by atoms with Gasteiger partial charge in [0.1, 0.15) is 6.61 Å². The predicted octanol–water partition coefficient (Wildman–Crippen LogP) is 5.30. The van der Waals surface area contributed by atoms with E-state index in [-0.39, 0.29) is 0 Å². The van der Waals surface area contributed by atoms with Gasteiger partial charge >= 0.3 is 0 Å². The molecule has 1 N–H and O–H groups in total. The smallest absolute Gasteiger partial charge is 0.165 e. The van der Waals surface area contributed by atoms with Gasteiger partial charge in [0.25, 0.3) is 0 Å². The van der Waals surface area contributed by atoms with Crippen molar-refractivity contribution in [2.45, 2.75) is 26.8 Å². The highest BCUT2D eigenvalue weighted by atomic mass is 16.5. The van der Waals surface area contributed by atoms with Gasteiger partial charge in [0.05, 0.1) is 6.61 Å². The van der Waals surface area contributed by atoms with Crippen LogP contribution in [0, 0.1) is 6.92 Å². The maximum Gasteiger partial charge on any atom is 0.165 e. The van der Waals surface area contributed by atoms with Crippen molar-refractivity contribution in [2.24, 2.45) is 0 Å². The van der Waals surface area contributed by atoms with Crippen LogP contribution in [0.25, 0.3) is 0 Å². The molecule has 0 atom stereocenters. The molecule has 0 spiro atoms. The van der Waals surface area contributed by atoms with Gasteiger partial charge in [-0.05, 0) is 55.7 Å². The maximum absolute atomic E-state index is 5.84. The second-order valence-corrected chi connectivity index (χ2v) is 5.83. The molecule has 0 heterocycles. The highest BCUT2D eigenvalue weighted by Gasteiger charge is 2.13. The van der Waals surface area contributed by atoms with Crippen molar-refractivity contribution >= 4 is 5.69 Å². The van der Waals surface area contributed by atoms with Crippen molar-refractivity contribution in [3.63, 3.8) is 0 Å². The molecule has 0 aliphatic rings. The second kappa shape index (κ2) is 9.58. The molecule has 0 fully saturated rings. The molecule has 0 aliphatic heterocycles. The van der Waals surface area contributed by atoms with Crippen LogP contribution in [0.5, 0.6) is 11.5 Å². The van der Waals surface area contributed by atoms with Crippen molar-refractivity contribution in [3.8, 4) is 11.5 Å². The number of benzene rings is 2. The van der Waals surface area contributed by atoms with Crippen LogP contribution in [-0.2, 0) is 13.0 Å². The van der Waals surface area contributed by atoms with Crippen molar-refractivity contribution < 1.29 is 9.47 Å². The van der Waals surface area contributed by atoms with E-state index < -0.39 is 0 Å². The maximum atomic E-state index is 5.84. The van der Waals surface area contributed by atoms with Crippen molar-refractivity contribution in [1.82, 2.24) is 0 Å². The summed E-state index contributed by atoms with van der Waals surface area (Å²) in [6.07, 6.45) is 4.34. The summed E-state index contributed by atoms with van der Waals surface area (Å²) in [7, 11) is 0. The van der Waals surface area contributed by atoms with Crippen LogP contribution in [0.15, 0.2) is 61.7 Å². The van der Waals surface area contributed by atoms with Gasteiger partial charge in [-0.15, -0.1) is 6.58 Å². The third-order valence-corrected chi connectivity index (χ3v) is 3.72. The van der Waals surface area contributed by atoms with Crippen LogP contribution in [-0.4, -0.2) is 13.2 Å². The summed E-state index contributed by atoms with van der Waals surface area (Å²) < 4.78 is 11.7. The molecular formula is C22H27NO2. The molecule has 132 valence electrons. The number of hydrogen-bond donors (Lipinski definition) is 1. The molecule has 2 rings (SSSR count). The van der Waals surface area contributed by atoms with Gasteiger partial charge in [0.15, 0.2) is 11.5 Å². The zero-order valence-corrected chi connectivity index (χ0v) is 15.2. The standard InChI is InChI=1S/C22H27NO2/c1-5-9-19-14-18(16-23-20-11-8-10-17(4)13-20)15-21(24-7-3)22(19)25-12-6-2/h5-6,8,10-11,13-15,23H,1-2,7,9,12,16H2,3-4H3. The lowest BCUT2D eigenvalue weighted by atomic mass is 10.1. The quantitative estimate of drug-likeness (QED) is 0.597. The average molecular weight is 337 g/mol. The fourth-order valence-corrected chi connectivity index (χ4v) is 2.66. The Balaban J connectivity index is 2.27. The Labute approximate surface area is 151 Å². The van der Waals surface area contributed by atoms with Gasteiger partial charge < -0.3 is 14.8 Å². The highest BCUT2D eigenvalue weighted by molar-refractivity contribution is 5.52. The van der Waals surface area contributed by atoms with E-state index in [0.29, 0.717) is 13.2 Å². The molecule has 0 aromatic heterocycles. The highest BCUT2D eigenvalue weighted by Crippen LogP contribution is 2.34. The van der Waals surface area contributed by atoms with Crippen LogP contribution in [0.2, 0.25) is 0 Å². The first kappa shape index (κ1) is 18.7. The fraction of sp³-hybridized carbons (Fsp3) is 0.273. The Morgan fingerprint density at radius 3 is 2.60 bits per heavy atom. The minimum absolute atomic E-state index is 0.450. The first-order chi connectivity index (χ1) is 12.2. The molecular weight excluding hydrogens is 310 g/mol. The van der Waals surface area contributed by atoms with Crippen LogP contribution in [0.1, 0.15) is 23.6 Å². The number of nitrogens with one attached hydrogen (secondary N) is 1. The number of anilines is 1. The molecule has 3 heteroatoms.